The van der Waals surface area contributed by atoms with Crippen molar-refractivity contribution in [2.45, 2.75) is 77.8 Å². The minimum absolute atomic E-state index is 0.366. The maximum Gasteiger partial charge on any atom is 0.0474 e. The summed E-state index contributed by atoms with van der Waals surface area (Å²) in [5, 5.41) is 13.6. The van der Waals surface area contributed by atoms with Crippen molar-refractivity contribution in [2.24, 2.45) is 22.7 Å². The molecule has 110 valence electrons. The molecule has 0 aromatic rings. The predicted molar refractivity (Wildman–Crippen MR) is 79.0 cm³/mol. The van der Waals surface area contributed by atoms with E-state index in [4.69, 9.17) is 0 Å². The normalized spacial score (nSPS) is 48.6. The van der Waals surface area contributed by atoms with E-state index in [9.17, 15) is 5.11 Å². The molecule has 5 unspecified atom stereocenters. The van der Waals surface area contributed by atoms with Gasteiger partial charge in [0, 0.05) is 18.7 Å². The Kier molecular flexibility index (Phi) is 3.46. The Morgan fingerprint density at radius 2 is 1.84 bits per heavy atom. The molecule has 2 nitrogen and oxygen atoms in total. The zero-order chi connectivity index (χ0) is 13.7. The van der Waals surface area contributed by atoms with E-state index < -0.39 is 0 Å². The first kappa shape index (κ1) is 13.9. The smallest absolute Gasteiger partial charge is 0.0474 e. The molecule has 2 bridgehead atoms. The first-order chi connectivity index (χ1) is 8.97. The Morgan fingerprint density at radius 3 is 2.47 bits per heavy atom. The molecule has 2 heteroatoms. The van der Waals surface area contributed by atoms with Gasteiger partial charge in [0.1, 0.15) is 0 Å². The van der Waals surface area contributed by atoms with Gasteiger partial charge in [-0.2, -0.15) is 0 Å². The van der Waals surface area contributed by atoms with Gasteiger partial charge in [-0.05, 0) is 54.8 Å². The quantitative estimate of drug-likeness (QED) is 0.820. The van der Waals surface area contributed by atoms with Gasteiger partial charge in [-0.15, -0.1) is 0 Å². The number of fused-ring (bicyclic) bond motifs is 2. The zero-order valence-electron chi connectivity index (χ0n) is 12.9. The van der Waals surface area contributed by atoms with Gasteiger partial charge >= 0.3 is 0 Å². The van der Waals surface area contributed by atoms with Crippen LogP contribution in [0.5, 0.6) is 0 Å². The van der Waals surface area contributed by atoms with Crippen LogP contribution in [0.3, 0.4) is 0 Å². The van der Waals surface area contributed by atoms with Crippen LogP contribution in [0.4, 0.5) is 0 Å². The van der Waals surface area contributed by atoms with E-state index in [-0.39, 0.29) is 0 Å². The van der Waals surface area contributed by atoms with Crippen molar-refractivity contribution in [3.05, 3.63) is 0 Å². The van der Waals surface area contributed by atoms with E-state index in [1.165, 1.54) is 44.9 Å². The minimum Gasteiger partial charge on any atom is -0.396 e. The van der Waals surface area contributed by atoms with E-state index >= 15 is 0 Å². The first-order valence-electron chi connectivity index (χ1n) is 8.34. The minimum atomic E-state index is 0.366. The van der Waals surface area contributed by atoms with Crippen molar-refractivity contribution in [1.82, 2.24) is 5.32 Å². The van der Waals surface area contributed by atoms with Gasteiger partial charge in [-0.25, -0.2) is 0 Å². The molecule has 0 aliphatic heterocycles. The van der Waals surface area contributed by atoms with Crippen LogP contribution in [-0.4, -0.2) is 23.8 Å². The Labute approximate surface area is 118 Å². The number of aliphatic hydroxyl groups excluding tert-OH is 1. The predicted octanol–water partition coefficient (Wildman–Crippen LogP) is 3.34. The first-order valence-corrected chi connectivity index (χ1v) is 8.34. The van der Waals surface area contributed by atoms with E-state index in [0.717, 1.165) is 5.92 Å². The van der Waals surface area contributed by atoms with Crippen molar-refractivity contribution in [1.29, 1.82) is 0 Å². The molecule has 0 aromatic carbocycles. The lowest BCUT2D eigenvalue weighted by Gasteiger charge is -2.47. The molecule has 0 radical (unpaired) electrons. The molecular formula is C17H31NO. The second kappa shape index (κ2) is 4.73. The largest absolute Gasteiger partial charge is 0.396 e. The van der Waals surface area contributed by atoms with Gasteiger partial charge in [0.15, 0.2) is 0 Å². The Morgan fingerprint density at radius 1 is 1.11 bits per heavy atom. The summed E-state index contributed by atoms with van der Waals surface area (Å²) in [4.78, 5) is 0. The number of rotatable bonds is 3. The van der Waals surface area contributed by atoms with Gasteiger partial charge in [-0.3, -0.25) is 0 Å². The fraction of sp³-hybridized carbons (Fsp3) is 1.00. The monoisotopic (exact) mass is 265 g/mol. The highest BCUT2D eigenvalue weighted by Gasteiger charge is 2.59. The van der Waals surface area contributed by atoms with Crippen molar-refractivity contribution in [3.63, 3.8) is 0 Å². The fourth-order valence-corrected chi connectivity index (χ4v) is 5.58. The van der Waals surface area contributed by atoms with Crippen LogP contribution in [0, 0.1) is 22.7 Å². The summed E-state index contributed by atoms with van der Waals surface area (Å²) in [5.41, 5.74) is 0.941. The summed E-state index contributed by atoms with van der Waals surface area (Å²) >= 11 is 0. The summed E-state index contributed by atoms with van der Waals surface area (Å²) in [5.74, 6) is 1.40. The molecule has 0 aromatic heterocycles. The Bertz CT molecular complexity index is 335. The molecule has 3 aliphatic rings. The van der Waals surface area contributed by atoms with Crippen LogP contribution in [0.1, 0.15) is 65.7 Å². The van der Waals surface area contributed by atoms with Gasteiger partial charge in [0.2, 0.25) is 0 Å². The third-order valence-electron chi connectivity index (χ3n) is 6.79. The molecule has 2 N–H and O–H groups in total. The van der Waals surface area contributed by atoms with Gasteiger partial charge < -0.3 is 10.4 Å². The van der Waals surface area contributed by atoms with Crippen LogP contribution in [-0.2, 0) is 0 Å². The van der Waals surface area contributed by atoms with E-state index in [0.29, 0.717) is 35.4 Å². The Hall–Kier alpha value is -0.0800. The second-order valence-electron chi connectivity index (χ2n) is 8.35. The van der Waals surface area contributed by atoms with Crippen molar-refractivity contribution < 1.29 is 5.11 Å². The number of nitrogens with one attached hydrogen (secondary N) is 1. The van der Waals surface area contributed by atoms with Crippen LogP contribution >= 0.6 is 0 Å². The average Bonchev–Trinajstić information content (AvgIpc) is 2.86. The maximum absolute atomic E-state index is 9.62. The van der Waals surface area contributed by atoms with E-state index in [2.05, 4.69) is 26.1 Å². The highest BCUT2D eigenvalue weighted by Crippen LogP contribution is 2.62. The topological polar surface area (TPSA) is 32.3 Å². The second-order valence-corrected chi connectivity index (χ2v) is 8.35. The van der Waals surface area contributed by atoms with Crippen LogP contribution in [0.15, 0.2) is 0 Å². The van der Waals surface area contributed by atoms with Crippen LogP contribution in [0.2, 0.25) is 0 Å². The number of aliphatic hydroxyl groups is 1. The number of hydrogen-bond donors (Lipinski definition) is 2. The van der Waals surface area contributed by atoms with Crippen LogP contribution < -0.4 is 5.32 Å². The fourth-order valence-electron chi connectivity index (χ4n) is 5.58. The molecule has 3 fully saturated rings. The standard InChI is InChI=1S/C17H31NO/c1-16(2)13-8-9-17(3,10-13)15(16)18-14-7-5-4-6-12(14)11-19/h12-15,18-19H,4-11H2,1-3H3. The zero-order valence-corrected chi connectivity index (χ0v) is 12.9. The summed E-state index contributed by atoms with van der Waals surface area (Å²) in [6.07, 6.45) is 9.35. The number of hydrogen-bond acceptors (Lipinski definition) is 2. The summed E-state index contributed by atoms with van der Waals surface area (Å²) in [6, 6.07) is 1.20. The molecule has 0 saturated heterocycles. The molecular weight excluding hydrogens is 234 g/mol. The maximum atomic E-state index is 9.62. The summed E-state index contributed by atoms with van der Waals surface area (Å²) < 4.78 is 0. The van der Waals surface area contributed by atoms with Crippen LogP contribution in [0.25, 0.3) is 0 Å². The molecule has 5 atom stereocenters. The van der Waals surface area contributed by atoms with Crippen molar-refractivity contribution in [3.8, 4) is 0 Å². The molecule has 0 amide bonds. The van der Waals surface area contributed by atoms with Gasteiger partial charge in [0.05, 0.1) is 0 Å². The van der Waals surface area contributed by atoms with E-state index in [1.54, 1.807) is 0 Å². The third-order valence-corrected chi connectivity index (χ3v) is 6.79. The van der Waals surface area contributed by atoms with Crippen molar-refractivity contribution in [2.75, 3.05) is 6.61 Å². The third kappa shape index (κ3) is 2.15. The molecule has 3 rings (SSSR count). The lowest BCUT2D eigenvalue weighted by Crippen LogP contribution is -2.56. The SMILES string of the molecule is CC12CCC(C1)C(C)(C)C2NC1CCCCC1CO. The van der Waals surface area contributed by atoms with Gasteiger partial charge in [-0.1, -0.05) is 33.6 Å². The molecule has 19 heavy (non-hydrogen) atoms. The summed E-state index contributed by atoms with van der Waals surface area (Å²) in [7, 11) is 0. The molecule has 3 aliphatic carbocycles. The summed E-state index contributed by atoms with van der Waals surface area (Å²) in [6.45, 7) is 7.80. The lowest BCUT2D eigenvalue weighted by molar-refractivity contribution is 0.0673. The lowest BCUT2D eigenvalue weighted by atomic mass is 9.67. The van der Waals surface area contributed by atoms with Crippen molar-refractivity contribution >= 4 is 0 Å². The highest BCUT2D eigenvalue weighted by molar-refractivity contribution is 5.12. The Balaban J connectivity index is 1.75. The molecule has 3 saturated carbocycles. The van der Waals surface area contributed by atoms with Gasteiger partial charge in [0.25, 0.3) is 0 Å². The average molecular weight is 265 g/mol. The molecule has 0 heterocycles. The molecule has 0 spiro atoms. The van der Waals surface area contributed by atoms with E-state index in [1.807, 2.05) is 0 Å². The highest BCUT2D eigenvalue weighted by atomic mass is 16.3.